The average Bonchev–Trinajstić information content (AvgIpc) is 2.52. The Morgan fingerprint density at radius 2 is 2.27 bits per heavy atom. The first-order valence-electron chi connectivity index (χ1n) is 6.98. The molecule has 1 amide bonds. The monoisotopic (exact) mass is 371 g/mol. The van der Waals surface area contributed by atoms with Crippen molar-refractivity contribution in [2.45, 2.75) is 18.9 Å². The average molecular weight is 372 g/mol. The lowest BCUT2D eigenvalue weighted by molar-refractivity contribution is -0.142. The van der Waals surface area contributed by atoms with Crippen LogP contribution in [-0.2, 0) is 9.53 Å². The second kappa shape index (κ2) is 7.60. The van der Waals surface area contributed by atoms with Gasteiger partial charge in [0.05, 0.1) is 18.2 Å². The fraction of sp³-hybridized carbons (Fsp3) is 0.467. The summed E-state index contributed by atoms with van der Waals surface area (Å²) in [5.74, 6) is -1.08. The van der Waals surface area contributed by atoms with Gasteiger partial charge in [-0.25, -0.2) is 4.79 Å². The lowest BCUT2D eigenvalue weighted by Crippen LogP contribution is -2.48. The van der Waals surface area contributed by atoms with Crippen LogP contribution in [0.25, 0.3) is 0 Å². The molecule has 0 radical (unpaired) electrons. The maximum atomic E-state index is 12.3. The topological polar surface area (TPSA) is 84.9 Å². The van der Waals surface area contributed by atoms with Crippen molar-refractivity contribution in [3.8, 4) is 5.75 Å². The van der Waals surface area contributed by atoms with Crippen molar-refractivity contribution in [3.63, 3.8) is 0 Å². The van der Waals surface area contributed by atoms with Crippen molar-refractivity contribution >= 4 is 27.8 Å². The molecule has 1 aliphatic rings. The Hall–Kier alpha value is -1.60. The van der Waals surface area contributed by atoms with E-state index >= 15 is 0 Å². The molecule has 2 rings (SSSR count). The summed E-state index contributed by atoms with van der Waals surface area (Å²) in [6, 6.07) is 3.90. The molecular weight excluding hydrogens is 354 g/mol. The van der Waals surface area contributed by atoms with E-state index in [2.05, 4.69) is 21.2 Å². The number of aliphatic carboxylic acids is 1. The van der Waals surface area contributed by atoms with Gasteiger partial charge in [0.25, 0.3) is 5.91 Å². The second-order valence-corrected chi connectivity index (χ2v) is 5.97. The van der Waals surface area contributed by atoms with E-state index in [0.29, 0.717) is 29.0 Å². The van der Waals surface area contributed by atoms with Gasteiger partial charge in [-0.15, -0.1) is 0 Å². The molecule has 7 heteroatoms. The smallest absolute Gasteiger partial charge is 0.326 e. The zero-order valence-electron chi connectivity index (χ0n) is 12.2. The summed E-state index contributed by atoms with van der Waals surface area (Å²) in [7, 11) is 1.53. The summed E-state index contributed by atoms with van der Waals surface area (Å²) >= 11 is 3.31. The summed E-state index contributed by atoms with van der Waals surface area (Å²) < 4.78 is 11.1. The number of rotatable bonds is 5. The van der Waals surface area contributed by atoms with Crippen LogP contribution in [0.3, 0.4) is 0 Å². The number of carboxylic acids is 1. The third-order valence-electron chi connectivity index (χ3n) is 3.63. The van der Waals surface area contributed by atoms with Gasteiger partial charge in [-0.2, -0.15) is 0 Å². The summed E-state index contributed by atoms with van der Waals surface area (Å²) in [6.45, 7) is 0.992. The first kappa shape index (κ1) is 16.8. The van der Waals surface area contributed by atoms with Crippen LogP contribution in [0.5, 0.6) is 5.75 Å². The highest BCUT2D eigenvalue weighted by atomic mass is 79.9. The Balaban J connectivity index is 2.10. The molecule has 0 aromatic heterocycles. The van der Waals surface area contributed by atoms with Gasteiger partial charge in [-0.3, -0.25) is 4.79 Å². The Morgan fingerprint density at radius 1 is 1.50 bits per heavy atom. The van der Waals surface area contributed by atoms with Gasteiger partial charge in [-0.1, -0.05) is 0 Å². The number of halogens is 1. The molecule has 1 aromatic carbocycles. The molecule has 120 valence electrons. The third-order valence-corrected chi connectivity index (χ3v) is 4.25. The van der Waals surface area contributed by atoms with Crippen molar-refractivity contribution in [2.24, 2.45) is 5.92 Å². The van der Waals surface area contributed by atoms with Crippen molar-refractivity contribution in [1.29, 1.82) is 0 Å². The molecule has 2 unspecified atom stereocenters. The minimum absolute atomic E-state index is 0.211. The maximum absolute atomic E-state index is 12.3. The second-order valence-electron chi connectivity index (χ2n) is 5.12. The van der Waals surface area contributed by atoms with Gasteiger partial charge >= 0.3 is 5.97 Å². The number of carbonyl (C=O) groups excluding carboxylic acids is 1. The number of carboxylic acid groups (broad SMARTS) is 1. The molecule has 1 saturated heterocycles. The van der Waals surface area contributed by atoms with Crippen molar-refractivity contribution in [3.05, 3.63) is 28.2 Å². The molecule has 1 heterocycles. The Kier molecular flexibility index (Phi) is 5.79. The molecule has 0 saturated carbocycles. The quantitative estimate of drug-likeness (QED) is 0.827. The lowest BCUT2D eigenvalue weighted by Gasteiger charge is -2.28. The number of benzene rings is 1. The predicted octanol–water partition coefficient (Wildman–Crippen LogP) is 2.07. The summed E-state index contributed by atoms with van der Waals surface area (Å²) in [6.07, 6.45) is 1.53. The summed E-state index contributed by atoms with van der Waals surface area (Å²) in [5.41, 5.74) is 0.371. The van der Waals surface area contributed by atoms with Crippen LogP contribution in [-0.4, -0.2) is 43.3 Å². The van der Waals surface area contributed by atoms with E-state index in [1.54, 1.807) is 18.2 Å². The molecule has 1 aliphatic heterocycles. The van der Waals surface area contributed by atoms with E-state index in [-0.39, 0.29) is 5.92 Å². The first-order chi connectivity index (χ1) is 10.5. The van der Waals surface area contributed by atoms with Crippen molar-refractivity contribution in [1.82, 2.24) is 5.32 Å². The van der Waals surface area contributed by atoms with E-state index in [4.69, 9.17) is 9.47 Å². The molecule has 0 aliphatic carbocycles. The van der Waals surface area contributed by atoms with Gasteiger partial charge in [0, 0.05) is 18.1 Å². The molecule has 1 aromatic rings. The largest absolute Gasteiger partial charge is 0.496 e. The Labute approximate surface area is 136 Å². The molecular formula is C15H18BrNO5. The van der Waals surface area contributed by atoms with E-state index < -0.39 is 17.9 Å². The van der Waals surface area contributed by atoms with Gasteiger partial charge in [0.1, 0.15) is 11.8 Å². The fourth-order valence-corrected chi connectivity index (χ4v) is 2.98. The fourth-order valence-electron chi connectivity index (χ4n) is 2.44. The Morgan fingerprint density at radius 3 is 2.82 bits per heavy atom. The molecule has 6 nitrogen and oxygen atoms in total. The summed E-state index contributed by atoms with van der Waals surface area (Å²) in [4.78, 5) is 23.7. The van der Waals surface area contributed by atoms with Gasteiger partial charge in [0.2, 0.25) is 0 Å². The molecule has 0 spiro atoms. The number of nitrogens with one attached hydrogen (secondary N) is 1. The van der Waals surface area contributed by atoms with E-state index in [9.17, 15) is 14.7 Å². The van der Waals surface area contributed by atoms with Crippen LogP contribution in [0.4, 0.5) is 0 Å². The minimum atomic E-state index is -1.04. The SMILES string of the molecule is COc1ccc(C(=O)NC(C(=O)O)C2CCCOC2)cc1Br. The molecule has 2 N–H and O–H groups in total. The number of carbonyl (C=O) groups is 2. The van der Waals surface area contributed by atoms with Crippen LogP contribution >= 0.6 is 15.9 Å². The van der Waals surface area contributed by atoms with Crippen molar-refractivity contribution < 1.29 is 24.2 Å². The molecule has 1 fully saturated rings. The van der Waals surface area contributed by atoms with Crippen LogP contribution in [0, 0.1) is 5.92 Å². The van der Waals surface area contributed by atoms with Gasteiger partial charge in [0.15, 0.2) is 0 Å². The van der Waals surface area contributed by atoms with Crippen LogP contribution in [0.15, 0.2) is 22.7 Å². The third kappa shape index (κ3) is 3.98. The molecule has 0 bridgehead atoms. The standard InChI is InChI=1S/C15H18BrNO5/c1-21-12-5-4-9(7-11(12)16)14(18)17-13(15(19)20)10-3-2-6-22-8-10/h4-5,7,10,13H,2-3,6,8H2,1H3,(H,17,18)(H,19,20). The highest BCUT2D eigenvalue weighted by molar-refractivity contribution is 9.10. The molecule has 22 heavy (non-hydrogen) atoms. The zero-order chi connectivity index (χ0) is 16.1. The van der Waals surface area contributed by atoms with Gasteiger partial charge in [-0.05, 0) is 47.0 Å². The summed E-state index contributed by atoms with van der Waals surface area (Å²) in [5, 5.41) is 11.9. The normalized spacial score (nSPS) is 19.3. The van der Waals surface area contributed by atoms with E-state index in [1.165, 1.54) is 7.11 Å². The van der Waals surface area contributed by atoms with Crippen LogP contribution in [0.1, 0.15) is 23.2 Å². The van der Waals surface area contributed by atoms with Crippen LogP contribution in [0.2, 0.25) is 0 Å². The Bertz CT molecular complexity index is 557. The van der Waals surface area contributed by atoms with Crippen LogP contribution < -0.4 is 10.1 Å². The number of ether oxygens (including phenoxy) is 2. The number of hydrogen-bond acceptors (Lipinski definition) is 4. The van der Waals surface area contributed by atoms with E-state index in [1.807, 2.05) is 0 Å². The highest BCUT2D eigenvalue weighted by Gasteiger charge is 2.31. The number of methoxy groups -OCH3 is 1. The lowest BCUT2D eigenvalue weighted by atomic mass is 9.93. The first-order valence-corrected chi connectivity index (χ1v) is 7.77. The highest BCUT2D eigenvalue weighted by Crippen LogP contribution is 2.26. The van der Waals surface area contributed by atoms with Gasteiger partial charge < -0.3 is 19.9 Å². The number of hydrogen-bond donors (Lipinski definition) is 2. The predicted molar refractivity (Wildman–Crippen MR) is 83.1 cm³/mol. The molecule has 2 atom stereocenters. The zero-order valence-corrected chi connectivity index (χ0v) is 13.8. The maximum Gasteiger partial charge on any atom is 0.326 e. The minimum Gasteiger partial charge on any atom is -0.496 e. The number of amides is 1. The van der Waals surface area contributed by atoms with Crippen molar-refractivity contribution in [2.75, 3.05) is 20.3 Å². The van der Waals surface area contributed by atoms with E-state index in [0.717, 1.165) is 12.8 Å².